The Morgan fingerprint density at radius 3 is 1.90 bits per heavy atom. The van der Waals surface area contributed by atoms with Crippen LogP contribution in [0.15, 0.2) is 59.1 Å². The first-order valence-corrected chi connectivity index (χ1v) is 20.8. The molecular weight excluding hydrogens is 824 g/mol. The van der Waals surface area contributed by atoms with Crippen LogP contribution in [0.1, 0.15) is 52.9 Å². The SMILES string of the molecule is C=C1[C@H]2[C@H](O[C@@H]3O[C@H](CO)[C@@H](O)[C@H](O)[C@H]3O)OC=C(C(=O)OC/C(C)=C/CC/C(C)=C/COC(=O)C3=CO[C@@H](O[C@@H]4O[C@H](CO)[C@@H](O)[C@H](O)[C@H]4O)[C@H]4[C@@H]3CC[C@]4(C)O)[C@H]2C[C@@H]1O. The molecule has 0 spiro atoms. The largest absolute Gasteiger partial charge is 0.471 e. The molecule has 0 unspecified atom stereocenters. The summed E-state index contributed by atoms with van der Waals surface area (Å²) in [6.07, 6.45) is -10.7. The van der Waals surface area contributed by atoms with Crippen LogP contribution in [-0.2, 0) is 47.5 Å². The topological polar surface area (TPSA) is 310 Å². The molecule has 4 aliphatic heterocycles. The molecule has 10 N–H and O–H groups in total. The monoisotopic (exact) mass is 884 g/mol. The summed E-state index contributed by atoms with van der Waals surface area (Å²) in [4.78, 5) is 26.5. The van der Waals surface area contributed by atoms with Crippen LogP contribution in [0, 0.1) is 23.7 Å². The van der Waals surface area contributed by atoms with Crippen molar-refractivity contribution in [3.05, 3.63) is 59.1 Å². The molecule has 4 fully saturated rings. The van der Waals surface area contributed by atoms with Crippen LogP contribution in [0.5, 0.6) is 0 Å². The van der Waals surface area contributed by atoms with Gasteiger partial charge in [-0.05, 0) is 70.1 Å². The number of ether oxygens (including phenoxy) is 8. The minimum atomic E-state index is -1.69. The van der Waals surface area contributed by atoms with E-state index in [2.05, 4.69) is 6.58 Å². The summed E-state index contributed by atoms with van der Waals surface area (Å²) < 4.78 is 45.1. The fourth-order valence-electron chi connectivity index (χ4n) is 8.96. The Bertz CT molecular complexity index is 1740. The first-order chi connectivity index (χ1) is 29.4. The molecule has 2 saturated heterocycles. The third-order valence-electron chi connectivity index (χ3n) is 12.7. The summed E-state index contributed by atoms with van der Waals surface area (Å²) in [5.74, 6) is -4.01. The first kappa shape index (κ1) is 48.1. The number of aliphatic hydroxyl groups is 10. The van der Waals surface area contributed by atoms with E-state index in [0.717, 1.165) is 17.4 Å². The third-order valence-corrected chi connectivity index (χ3v) is 12.7. The average molecular weight is 885 g/mol. The molecule has 2 saturated carbocycles. The zero-order valence-electron chi connectivity index (χ0n) is 34.8. The highest BCUT2D eigenvalue weighted by Gasteiger charge is 2.56. The number of aliphatic hydroxyl groups excluding tert-OH is 9. The van der Waals surface area contributed by atoms with E-state index in [1.54, 1.807) is 19.9 Å². The fourth-order valence-corrected chi connectivity index (χ4v) is 8.96. The first-order valence-electron chi connectivity index (χ1n) is 20.8. The molecule has 18 atom stereocenters. The van der Waals surface area contributed by atoms with E-state index in [1.807, 2.05) is 13.0 Å². The van der Waals surface area contributed by atoms with Gasteiger partial charge in [0, 0.05) is 11.8 Å². The van der Waals surface area contributed by atoms with E-state index in [-0.39, 0.29) is 30.8 Å². The second-order valence-corrected chi connectivity index (χ2v) is 17.1. The van der Waals surface area contributed by atoms with Crippen molar-refractivity contribution in [2.24, 2.45) is 23.7 Å². The van der Waals surface area contributed by atoms with E-state index in [4.69, 9.17) is 37.9 Å². The fraction of sp³-hybridized carbons (Fsp3) is 0.714. The Hall–Kier alpha value is -3.32. The molecule has 62 heavy (non-hydrogen) atoms. The smallest absolute Gasteiger partial charge is 0.337 e. The average Bonchev–Trinajstić information content (AvgIpc) is 3.73. The Morgan fingerprint density at radius 1 is 0.758 bits per heavy atom. The molecule has 20 heteroatoms. The standard InChI is InChI=1S/C42H60O20/c1-18(9-11-55-36(52)23-16-58-39(29-21(23)8-10-42(29,4)54)62-41-35(51)33(49)31(47)27(14-44)60-41)6-5-7-19(2)15-56-37(53)24-17-57-38(28-20(3)25(45)12-22(24)28)61-40-34(50)32(48)30(46)26(13-43)59-40/h7,9,16-17,21-22,25-35,38-41,43-51,54H,3,5-6,8,10-15H2,1-2,4H3/b18-9+,19-7+/t21-,22-,25+,26-,27-,28-,29-,30-,31-,32+,33+,34-,35-,38+,39+,40+,41+,42+/m1/s1. The number of esters is 2. The molecule has 20 nitrogen and oxygen atoms in total. The van der Waals surface area contributed by atoms with Gasteiger partial charge in [0.2, 0.25) is 12.6 Å². The number of hydrogen-bond acceptors (Lipinski definition) is 20. The zero-order chi connectivity index (χ0) is 45.2. The van der Waals surface area contributed by atoms with E-state index in [0.29, 0.717) is 31.3 Å². The zero-order valence-corrected chi connectivity index (χ0v) is 34.8. The van der Waals surface area contributed by atoms with Gasteiger partial charge in [0.05, 0.1) is 60.4 Å². The summed E-state index contributed by atoms with van der Waals surface area (Å²) in [5.41, 5.74) is 0.996. The summed E-state index contributed by atoms with van der Waals surface area (Å²) >= 11 is 0. The van der Waals surface area contributed by atoms with Crippen molar-refractivity contribution < 1.29 is 98.5 Å². The number of allylic oxidation sites excluding steroid dienone is 2. The molecule has 4 heterocycles. The second-order valence-electron chi connectivity index (χ2n) is 17.1. The quantitative estimate of drug-likeness (QED) is 0.0640. The van der Waals surface area contributed by atoms with Crippen LogP contribution in [0.4, 0.5) is 0 Å². The summed E-state index contributed by atoms with van der Waals surface area (Å²) in [6, 6.07) is 0. The van der Waals surface area contributed by atoms with Crippen LogP contribution in [0.25, 0.3) is 0 Å². The van der Waals surface area contributed by atoms with Crippen molar-refractivity contribution in [2.75, 3.05) is 26.4 Å². The maximum absolute atomic E-state index is 13.3. The molecule has 348 valence electrons. The van der Waals surface area contributed by atoms with Gasteiger partial charge >= 0.3 is 11.9 Å². The van der Waals surface area contributed by atoms with Crippen molar-refractivity contribution in [3.8, 4) is 0 Å². The Balaban J connectivity index is 0.966. The summed E-state index contributed by atoms with van der Waals surface area (Å²) in [6.45, 7) is 7.79. The van der Waals surface area contributed by atoms with Crippen LogP contribution in [-0.4, -0.2) is 175 Å². The van der Waals surface area contributed by atoms with Gasteiger partial charge < -0.3 is 89.0 Å². The molecule has 0 amide bonds. The molecule has 0 aromatic rings. The van der Waals surface area contributed by atoms with E-state index >= 15 is 0 Å². The maximum Gasteiger partial charge on any atom is 0.337 e. The number of carbonyl (C=O) groups is 2. The normalized spacial score (nSPS) is 42.2. The summed E-state index contributed by atoms with van der Waals surface area (Å²) in [7, 11) is 0. The highest BCUT2D eigenvalue weighted by atomic mass is 16.8. The molecule has 0 radical (unpaired) electrons. The lowest BCUT2D eigenvalue weighted by atomic mass is 9.81. The lowest BCUT2D eigenvalue weighted by molar-refractivity contribution is -0.346. The highest BCUT2D eigenvalue weighted by molar-refractivity contribution is 5.90. The molecule has 0 aromatic heterocycles. The molecule has 0 bridgehead atoms. The summed E-state index contributed by atoms with van der Waals surface area (Å²) in [5, 5.41) is 102. The van der Waals surface area contributed by atoms with Crippen LogP contribution in [0.3, 0.4) is 0 Å². The molecule has 6 rings (SSSR count). The van der Waals surface area contributed by atoms with Gasteiger partial charge in [0.1, 0.15) is 62.0 Å². The second kappa shape index (κ2) is 20.2. The van der Waals surface area contributed by atoms with Crippen molar-refractivity contribution in [1.29, 1.82) is 0 Å². The maximum atomic E-state index is 13.3. The molecule has 0 aromatic carbocycles. The molecule has 6 aliphatic rings. The van der Waals surface area contributed by atoms with Crippen molar-refractivity contribution in [1.82, 2.24) is 0 Å². The number of carbonyl (C=O) groups excluding carboxylic acids is 2. The molecular formula is C42H60O20. The van der Waals surface area contributed by atoms with Gasteiger partial charge in [-0.15, -0.1) is 0 Å². The Kier molecular flexibility index (Phi) is 15.7. The van der Waals surface area contributed by atoms with Crippen molar-refractivity contribution in [2.45, 2.75) is 139 Å². The Labute approximate surface area is 357 Å². The van der Waals surface area contributed by atoms with E-state index in [9.17, 15) is 60.7 Å². The van der Waals surface area contributed by atoms with Gasteiger partial charge in [-0.3, -0.25) is 0 Å². The highest BCUT2D eigenvalue weighted by Crippen LogP contribution is 2.50. The Morgan fingerprint density at radius 2 is 1.31 bits per heavy atom. The molecule has 2 aliphatic carbocycles. The van der Waals surface area contributed by atoms with Crippen LogP contribution >= 0.6 is 0 Å². The lowest BCUT2D eigenvalue weighted by Crippen LogP contribution is -2.60. The van der Waals surface area contributed by atoms with Gasteiger partial charge in [-0.1, -0.05) is 18.2 Å². The van der Waals surface area contributed by atoms with Gasteiger partial charge in [-0.25, -0.2) is 9.59 Å². The lowest BCUT2D eigenvalue weighted by Gasteiger charge is -2.44. The number of hydrogen-bond donors (Lipinski definition) is 10. The third kappa shape index (κ3) is 10.1. The minimum absolute atomic E-state index is 0.0388. The van der Waals surface area contributed by atoms with Crippen LogP contribution < -0.4 is 0 Å². The predicted octanol–water partition coefficient (Wildman–Crippen LogP) is -1.81. The van der Waals surface area contributed by atoms with Gasteiger partial charge in [0.15, 0.2) is 12.6 Å². The van der Waals surface area contributed by atoms with E-state index < -0.39 is 135 Å². The van der Waals surface area contributed by atoms with Crippen molar-refractivity contribution >= 4 is 11.9 Å². The van der Waals surface area contributed by atoms with Crippen LogP contribution in [0.2, 0.25) is 0 Å². The van der Waals surface area contributed by atoms with E-state index in [1.165, 1.54) is 6.26 Å². The number of fused-ring (bicyclic) bond motifs is 2. The number of rotatable bonds is 15. The van der Waals surface area contributed by atoms with Gasteiger partial charge in [0.25, 0.3) is 0 Å². The van der Waals surface area contributed by atoms with Crippen molar-refractivity contribution in [3.63, 3.8) is 0 Å². The van der Waals surface area contributed by atoms with Gasteiger partial charge in [-0.2, -0.15) is 0 Å². The predicted molar refractivity (Wildman–Crippen MR) is 208 cm³/mol. The minimum Gasteiger partial charge on any atom is -0.471 e.